The molecule has 0 bridgehead atoms. The normalized spacial score (nSPS) is 19.6. The molecule has 2 aliphatic rings. The van der Waals surface area contributed by atoms with Gasteiger partial charge in [0.05, 0.1) is 23.1 Å². The highest BCUT2D eigenvalue weighted by Crippen LogP contribution is 2.34. The molecule has 0 radical (unpaired) electrons. The summed E-state index contributed by atoms with van der Waals surface area (Å²) < 4.78 is 0. The van der Waals surface area contributed by atoms with Gasteiger partial charge < -0.3 is 10.6 Å². The number of anilines is 1. The summed E-state index contributed by atoms with van der Waals surface area (Å²) in [4.78, 5) is 51.5. The van der Waals surface area contributed by atoms with Crippen molar-refractivity contribution in [2.45, 2.75) is 19.3 Å². The average Bonchev–Trinajstić information content (AvgIpc) is 3.05. The highest BCUT2D eigenvalue weighted by Gasteiger charge is 2.47. The first kappa shape index (κ1) is 21.5. The summed E-state index contributed by atoms with van der Waals surface area (Å²) in [6.07, 6.45) is 5.56. The van der Waals surface area contributed by atoms with Gasteiger partial charge in [0.1, 0.15) is 6.54 Å². The van der Waals surface area contributed by atoms with Crippen LogP contribution in [-0.4, -0.2) is 41.6 Å². The minimum Gasteiger partial charge on any atom is -0.352 e. The number of fused-ring (bicyclic) bond motifs is 1. The van der Waals surface area contributed by atoms with E-state index in [0.717, 1.165) is 10.5 Å². The monoisotopic (exact) mass is 431 g/mol. The molecule has 0 aromatic heterocycles. The number of nitrogens with one attached hydrogen (secondary N) is 2. The Morgan fingerprint density at radius 3 is 2.19 bits per heavy atom. The Kier molecular flexibility index (Phi) is 6.44. The maximum Gasteiger partial charge on any atom is 0.253 e. The van der Waals surface area contributed by atoms with Gasteiger partial charge in [-0.1, -0.05) is 54.6 Å². The zero-order chi connectivity index (χ0) is 22.5. The SMILES string of the molecule is O=C(CN1C(=O)[C@H]2CC=CC[C@H]2C1=O)Nc1ccccc1C(=O)NCCc1ccccc1. The Balaban J connectivity index is 1.36. The van der Waals surface area contributed by atoms with Crippen LogP contribution in [0.2, 0.25) is 0 Å². The number of nitrogens with zero attached hydrogens (tertiary/aromatic N) is 1. The number of hydrogen-bond acceptors (Lipinski definition) is 4. The predicted molar refractivity (Wildman–Crippen MR) is 120 cm³/mol. The number of amides is 4. The van der Waals surface area contributed by atoms with Crippen LogP contribution in [0.4, 0.5) is 5.69 Å². The fraction of sp³-hybridized carbons (Fsp3) is 0.280. The number of likely N-dealkylation sites (tertiary alicyclic amines) is 1. The van der Waals surface area contributed by atoms with Gasteiger partial charge in [0, 0.05) is 6.54 Å². The number of imide groups is 1. The zero-order valence-corrected chi connectivity index (χ0v) is 17.6. The molecular formula is C25H25N3O4. The van der Waals surface area contributed by atoms with E-state index in [1.807, 2.05) is 42.5 Å². The number of benzene rings is 2. The highest BCUT2D eigenvalue weighted by molar-refractivity contribution is 6.10. The molecule has 2 aromatic carbocycles. The molecule has 164 valence electrons. The third-order valence-electron chi connectivity index (χ3n) is 5.89. The van der Waals surface area contributed by atoms with Gasteiger partial charge in [-0.15, -0.1) is 0 Å². The molecule has 1 heterocycles. The first-order valence-electron chi connectivity index (χ1n) is 10.8. The summed E-state index contributed by atoms with van der Waals surface area (Å²) in [7, 11) is 0. The molecule has 4 amide bonds. The maximum absolute atomic E-state index is 12.7. The summed E-state index contributed by atoms with van der Waals surface area (Å²) in [5.74, 6) is -2.16. The van der Waals surface area contributed by atoms with Crippen molar-refractivity contribution in [2.75, 3.05) is 18.4 Å². The first-order valence-corrected chi connectivity index (χ1v) is 10.8. The van der Waals surface area contributed by atoms with Crippen molar-refractivity contribution in [1.29, 1.82) is 0 Å². The molecule has 2 N–H and O–H groups in total. The molecule has 4 rings (SSSR count). The Morgan fingerprint density at radius 2 is 1.50 bits per heavy atom. The molecule has 1 saturated heterocycles. The quantitative estimate of drug-likeness (QED) is 0.520. The van der Waals surface area contributed by atoms with Crippen molar-refractivity contribution >= 4 is 29.3 Å². The Hall–Kier alpha value is -3.74. The number of carbonyl (C=O) groups is 4. The van der Waals surface area contributed by atoms with E-state index in [0.29, 0.717) is 37.1 Å². The van der Waals surface area contributed by atoms with Crippen molar-refractivity contribution in [3.63, 3.8) is 0 Å². The van der Waals surface area contributed by atoms with Crippen molar-refractivity contribution in [2.24, 2.45) is 11.8 Å². The van der Waals surface area contributed by atoms with Crippen LogP contribution >= 0.6 is 0 Å². The van der Waals surface area contributed by atoms with Crippen LogP contribution in [0.15, 0.2) is 66.7 Å². The summed E-state index contributed by atoms with van der Waals surface area (Å²) in [5, 5.41) is 5.55. The van der Waals surface area contributed by atoms with Crippen molar-refractivity contribution in [1.82, 2.24) is 10.2 Å². The van der Waals surface area contributed by atoms with Crippen molar-refractivity contribution in [3.05, 3.63) is 77.9 Å². The van der Waals surface area contributed by atoms with Gasteiger partial charge >= 0.3 is 0 Å². The lowest BCUT2D eigenvalue weighted by Gasteiger charge is -2.16. The van der Waals surface area contributed by atoms with Crippen LogP contribution in [0, 0.1) is 11.8 Å². The smallest absolute Gasteiger partial charge is 0.253 e. The molecule has 2 aromatic rings. The Labute approximate surface area is 186 Å². The van der Waals surface area contributed by atoms with Crippen molar-refractivity contribution in [3.8, 4) is 0 Å². The molecule has 7 nitrogen and oxygen atoms in total. The summed E-state index contributed by atoms with van der Waals surface area (Å²) in [6, 6.07) is 16.5. The molecule has 1 aliphatic carbocycles. The highest BCUT2D eigenvalue weighted by atomic mass is 16.2. The van der Waals surface area contributed by atoms with Crippen LogP contribution in [0.1, 0.15) is 28.8 Å². The Morgan fingerprint density at radius 1 is 0.875 bits per heavy atom. The van der Waals surface area contributed by atoms with Crippen LogP contribution < -0.4 is 10.6 Å². The summed E-state index contributed by atoms with van der Waals surface area (Å²) >= 11 is 0. The van der Waals surface area contributed by atoms with Gasteiger partial charge in [0.2, 0.25) is 17.7 Å². The van der Waals surface area contributed by atoms with E-state index >= 15 is 0 Å². The van der Waals surface area contributed by atoms with Gasteiger partial charge in [-0.3, -0.25) is 24.1 Å². The second kappa shape index (κ2) is 9.60. The van der Waals surface area contributed by atoms with E-state index in [-0.39, 0.29) is 36.1 Å². The van der Waals surface area contributed by atoms with E-state index in [2.05, 4.69) is 10.6 Å². The van der Waals surface area contributed by atoms with Gasteiger partial charge in [0.25, 0.3) is 5.91 Å². The minimum atomic E-state index is -0.511. The summed E-state index contributed by atoms with van der Waals surface area (Å²) in [6.45, 7) is 0.105. The van der Waals surface area contributed by atoms with E-state index in [4.69, 9.17) is 0 Å². The van der Waals surface area contributed by atoms with Crippen LogP contribution in [0.5, 0.6) is 0 Å². The lowest BCUT2D eigenvalue weighted by atomic mass is 9.85. The number of allylic oxidation sites excluding steroid dienone is 2. The van der Waals surface area contributed by atoms with E-state index in [1.165, 1.54) is 0 Å². The van der Waals surface area contributed by atoms with Crippen LogP contribution in [0.25, 0.3) is 0 Å². The summed E-state index contributed by atoms with van der Waals surface area (Å²) in [5.41, 5.74) is 1.78. The minimum absolute atomic E-state index is 0.300. The average molecular weight is 431 g/mol. The number of hydrogen-bond donors (Lipinski definition) is 2. The van der Waals surface area contributed by atoms with E-state index < -0.39 is 5.91 Å². The third-order valence-corrected chi connectivity index (χ3v) is 5.89. The zero-order valence-electron chi connectivity index (χ0n) is 17.6. The van der Waals surface area contributed by atoms with Gasteiger partial charge in [-0.05, 0) is 37.0 Å². The van der Waals surface area contributed by atoms with Gasteiger partial charge in [-0.2, -0.15) is 0 Å². The molecule has 7 heteroatoms. The molecule has 1 fully saturated rings. The lowest BCUT2D eigenvalue weighted by Crippen LogP contribution is -2.38. The van der Waals surface area contributed by atoms with Crippen LogP contribution in [-0.2, 0) is 20.8 Å². The maximum atomic E-state index is 12.7. The fourth-order valence-electron chi connectivity index (χ4n) is 4.21. The van der Waals surface area contributed by atoms with Crippen molar-refractivity contribution < 1.29 is 19.2 Å². The second-order valence-electron chi connectivity index (χ2n) is 8.00. The molecule has 0 saturated carbocycles. The fourth-order valence-corrected chi connectivity index (χ4v) is 4.21. The molecule has 0 spiro atoms. The first-order chi connectivity index (χ1) is 15.5. The largest absolute Gasteiger partial charge is 0.352 e. The third kappa shape index (κ3) is 4.61. The topological polar surface area (TPSA) is 95.6 Å². The Bertz CT molecular complexity index is 1040. The number of carbonyl (C=O) groups excluding carboxylic acids is 4. The molecule has 0 unspecified atom stereocenters. The number of rotatable bonds is 7. The standard InChI is InChI=1S/C25H25N3O4/c29-22(16-28-24(31)18-10-4-5-11-19(18)25(28)32)27-21-13-7-6-12-20(21)23(30)26-15-14-17-8-2-1-3-9-17/h1-9,12-13,18-19H,10-11,14-16H2,(H,26,30)(H,27,29)/t18-,19+. The van der Waals surface area contributed by atoms with Gasteiger partial charge in [0.15, 0.2) is 0 Å². The molecule has 1 aliphatic heterocycles. The lowest BCUT2D eigenvalue weighted by molar-refractivity contribution is -0.142. The van der Waals surface area contributed by atoms with E-state index in [1.54, 1.807) is 24.3 Å². The number of para-hydroxylation sites is 1. The molecule has 32 heavy (non-hydrogen) atoms. The van der Waals surface area contributed by atoms with Gasteiger partial charge in [-0.25, -0.2) is 0 Å². The molecule has 2 atom stereocenters. The van der Waals surface area contributed by atoms with E-state index in [9.17, 15) is 19.2 Å². The van der Waals surface area contributed by atoms with Crippen LogP contribution in [0.3, 0.4) is 0 Å². The predicted octanol–water partition coefficient (Wildman–Crippen LogP) is 2.55. The second-order valence-corrected chi connectivity index (χ2v) is 8.00. The molecular weight excluding hydrogens is 406 g/mol.